The first-order valence-corrected chi connectivity index (χ1v) is 37.9. The van der Waals surface area contributed by atoms with E-state index in [1.807, 2.05) is 60.7 Å². The molecule has 34 heteroatoms. The number of benzene rings is 2. The monoisotopic (exact) mass is 1510 g/mol. The Morgan fingerprint density at radius 2 is 0.781 bits per heavy atom. The summed E-state index contributed by atoms with van der Waals surface area (Å²) in [6.45, 7) is 14.1. The Morgan fingerprint density at radius 1 is 0.458 bits per heavy atom. The molecular formula is C62H92N14O16S2Se2. The van der Waals surface area contributed by atoms with Gasteiger partial charge in [-0.2, -0.15) is 0 Å². The average Bonchev–Trinajstić information content (AvgIpc) is 1.62. The standard InChI is InChI=1S/C62H92N14O16S2Se2/c1-31(2)47(57(85)67-35(7)61(89)90)71-53(81)41(29-95-39-19-13-11-14-20-39)69-45(77)27-65-55(83)43-23-17-25-75(43)59(87)49(73-51(79)33(5)63)37(9)93-94-38(10)50(74-52(80)34(6)64)60(88)76-26-18-24-44(76)56(84)66-28-46(78)70-42(30-96-40-21-15-12-16-22-40)54(82)72-48(32(3)4)58(86)68-36(8)62(91)92/h11-16,19-22,31-38,41-44,47-50H,17-18,23-30,63-64H2,1-10H3,(H,65,83)(H,66,84)(H,67,85)(H,68,86)(H,69,77)(H,70,78)(H,71,81)(H,72,82)(H,73,79)(H,74,80)(H,89,90)(H,91,92)/t33-,34-,35-,36-,37-,38-,41-,42-,43-,44-,47-,48-,49-,50-/m0/s1. The van der Waals surface area contributed by atoms with Gasteiger partial charge in [-0.3, -0.25) is 9.59 Å². The van der Waals surface area contributed by atoms with Crippen LogP contribution in [0.15, 0.2) is 60.7 Å². The van der Waals surface area contributed by atoms with Gasteiger partial charge in [0.1, 0.15) is 0 Å². The van der Waals surface area contributed by atoms with Crippen LogP contribution in [0.5, 0.6) is 0 Å². The Labute approximate surface area is 578 Å². The minimum absolute atomic E-state index is 0.0782. The first-order valence-electron chi connectivity index (χ1n) is 31.4. The fourth-order valence-corrected chi connectivity index (χ4v) is 16.3. The number of carbonyl (C=O) groups excluding carboxylic acids is 12. The molecule has 2 aromatic rings. The van der Waals surface area contributed by atoms with Gasteiger partial charge in [0, 0.05) is 0 Å². The van der Waals surface area contributed by atoms with Crippen LogP contribution in [-0.4, -0.2) is 242 Å². The average molecular weight is 1510 g/mol. The number of likely N-dealkylation sites (tertiary alicyclic amines) is 2. The quantitative estimate of drug-likeness (QED) is 0.0229. The second-order valence-electron chi connectivity index (χ2n) is 24.1. The van der Waals surface area contributed by atoms with E-state index in [2.05, 4.69) is 53.2 Å². The molecule has 16 N–H and O–H groups in total. The Bertz CT molecular complexity index is 2870. The van der Waals surface area contributed by atoms with Crippen LogP contribution in [0.25, 0.3) is 0 Å². The first kappa shape index (κ1) is 81.1. The van der Waals surface area contributed by atoms with Gasteiger partial charge in [-0.1, -0.05) is 21.6 Å². The SMILES string of the molecule is CC(C)[C@H](NC(=O)[C@H](C[Se]c1ccccc1)NC(=O)CNC(=O)[C@@H]1CCCN1C(=O)[C@@H](NC(=O)[C@H](C)N)[C@H](C)SS[C@@H](C)[C@H](NC(=O)[C@H](C)N)C(=O)N1CCC[C@H]1C(=O)NCC(=O)N[C@@H](C[Se]c1ccccc1)C(=O)N[C@H](C(=O)N[C@@H](C)C(=O)O)C(C)C)C(=O)N[C@@H](C)C(=O)O. The Morgan fingerprint density at radius 3 is 1.08 bits per heavy atom. The van der Waals surface area contributed by atoms with Crippen LogP contribution < -0.4 is 73.6 Å². The van der Waals surface area contributed by atoms with Crippen LogP contribution in [0.1, 0.15) is 94.9 Å². The zero-order valence-corrected chi connectivity index (χ0v) is 60.4. The van der Waals surface area contributed by atoms with Gasteiger partial charge in [-0.25, -0.2) is 0 Å². The summed E-state index contributed by atoms with van der Waals surface area (Å²) in [5.41, 5.74) is 11.9. The molecule has 2 aliphatic heterocycles. The molecule has 0 aromatic heterocycles. The van der Waals surface area contributed by atoms with Crippen molar-refractivity contribution in [3.8, 4) is 0 Å². The van der Waals surface area contributed by atoms with Crippen LogP contribution in [-0.2, 0) is 67.1 Å². The van der Waals surface area contributed by atoms with E-state index in [9.17, 15) is 77.3 Å². The number of nitrogens with one attached hydrogen (secondary N) is 10. The molecule has 0 saturated carbocycles. The minimum atomic E-state index is -1.33. The van der Waals surface area contributed by atoms with Gasteiger partial charge in [0.2, 0.25) is 11.8 Å². The molecule has 2 aliphatic rings. The van der Waals surface area contributed by atoms with Gasteiger partial charge in [-0.15, -0.1) is 0 Å². The summed E-state index contributed by atoms with van der Waals surface area (Å²) in [5, 5.41) is 43.2. The number of amides is 12. The predicted molar refractivity (Wildman–Crippen MR) is 362 cm³/mol. The normalized spacial score (nSPS) is 18.2. The van der Waals surface area contributed by atoms with E-state index in [1.54, 1.807) is 41.5 Å². The van der Waals surface area contributed by atoms with Crippen molar-refractivity contribution in [3.63, 3.8) is 0 Å². The number of nitrogens with two attached hydrogens (primary N) is 2. The third-order valence-corrected chi connectivity index (χ3v) is 23.4. The molecule has 2 heterocycles. The number of hydrogen-bond acceptors (Lipinski definition) is 18. The molecule has 30 nitrogen and oxygen atoms in total. The van der Waals surface area contributed by atoms with Crippen molar-refractivity contribution in [1.29, 1.82) is 0 Å². The van der Waals surface area contributed by atoms with E-state index < -0.39 is 191 Å². The van der Waals surface area contributed by atoms with Gasteiger partial charge in [0.25, 0.3) is 0 Å². The topological polar surface area (TPSA) is 458 Å². The van der Waals surface area contributed by atoms with Gasteiger partial charge >= 0.3 is 488 Å². The molecule has 2 saturated heterocycles. The maximum absolute atomic E-state index is 14.7. The molecule has 0 bridgehead atoms. The molecule has 0 unspecified atom stereocenters. The zero-order valence-electron chi connectivity index (χ0n) is 55.4. The summed E-state index contributed by atoms with van der Waals surface area (Å²) in [4.78, 5) is 191. The van der Waals surface area contributed by atoms with Crippen LogP contribution in [0.4, 0.5) is 0 Å². The van der Waals surface area contributed by atoms with Crippen molar-refractivity contribution in [2.45, 2.75) is 189 Å². The molecule has 530 valence electrons. The Hall–Kier alpha value is -7.32. The second-order valence-corrected chi connectivity index (χ2v) is 31.7. The second kappa shape index (κ2) is 39.8. The number of carboxylic acid groups (broad SMARTS) is 2. The molecule has 96 heavy (non-hydrogen) atoms. The van der Waals surface area contributed by atoms with Gasteiger partial charge in [0.05, 0.1) is 12.1 Å². The molecule has 2 aromatic carbocycles. The van der Waals surface area contributed by atoms with Crippen molar-refractivity contribution in [2.75, 3.05) is 26.2 Å². The van der Waals surface area contributed by atoms with Crippen molar-refractivity contribution < 1.29 is 77.3 Å². The molecule has 0 spiro atoms. The van der Waals surface area contributed by atoms with Gasteiger partial charge < -0.3 is 11.5 Å². The third kappa shape index (κ3) is 25.6. The fourth-order valence-electron chi connectivity index (χ4n) is 9.71. The summed E-state index contributed by atoms with van der Waals surface area (Å²) < 4.78 is 1.80. The Kier molecular flexibility index (Phi) is 33.6. The zero-order chi connectivity index (χ0) is 71.7. The predicted octanol–water partition coefficient (Wildman–Crippen LogP) is -3.65. The van der Waals surface area contributed by atoms with Gasteiger partial charge in [0.15, 0.2) is 0 Å². The third-order valence-electron chi connectivity index (χ3n) is 15.4. The number of carboxylic acids is 2. The number of aliphatic carboxylic acids is 2. The molecule has 0 aliphatic carbocycles. The number of nitrogens with zero attached hydrogens (tertiary/aromatic N) is 2. The van der Waals surface area contributed by atoms with Crippen LogP contribution in [0.2, 0.25) is 10.6 Å². The summed E-state index contributed by atoms with van der Waals surface area (Å²) in [7, 11) is 2.15. The van der Waals surface area contributed by atoms with E-state index in [1.165, 1.54) is 37.5 Å². The molecule has 0 radical (unpaired) electrons. The number of rotatable bonds is 37. The summed E-state index contributed by atoms with van der Waals surface area (Å²) in [6.07, 6.45) is 1.06. The maximum atomic E-state index is 14.7. The summed E-state index contributed by atoms with van der Waals surface area (Å²) in [6, 6.07) is 4.05. The first-order chi connectivity index (χ1) is 45.2. The van der Waals surface area contributed by atoms with Crippen molar-refractivity contribution in [3.05, 3.63) is 60.7 Å². The number of hydrogen-bond donors (Lipinski definition) is 14. The summed E-state index contributed by atoms with van der Waals surface area (Å²) >= 11 is -0.727. The van der Waals surface area contributed by atoms with E-state index >= 15 is 0 Å². The molecule has 4 rings (SSSR count). The van der Waals surface area contributed by atoms with Crippen molar-refractivity contribution in [2.24, 2.45) is 23.3 Å². The van der Waals surface area contributed by atoms with Crippen molar-refractivity contribution >= 4 is 143 Å². The summed E-state index contributed by atoms with van der Waals surface area (Å²) in [5.74, 6) is -12.2. The number of carbonyl (C=O) groups is 14. The van der Waals surface area contributed by atoms with E-state index in [0.717, 1.165) is 30.5 Å². The van der Waals surface area contributed by atoms with E-state index in [0.29, 0.717) is 12.8 Å². The molecule has 14 atom stereocenters. The van der Waals surface area contributed by atoms with Crippen LogP contribution >= 0.6 is 21.6 Å². The molecular weight excluding hydrogens is 1420 g/mol. The van der Waals surface area contributed by atoms with Gasteiger partial charge in [-0.05, 0) is 27.7 Å². The molecule has 12 amide bonds. The van der Waals surface area contributed by atoms with E-state index in [-0.39, 0.29) is 66.5 Å². The Balaban J connectivity index is 1.46. The van der Waals surface area contributed by atoms with E-state index in [4.69, 9.17) is 11.5 Å². The van der Waals surface area contributed by atoms with Crippen LogP contribution in [0, 0.1) is 11.8 Å². The van der Waals surface area contributed by atoms with Crippen LogP contribution in [0.3, 0.4) is 0 Å². The fraction of sp³-hybridized carbons (Fsp3) is 0.581. The molecule has 2 fully saturated rings. The van der Waals surface area contributed by atoms with Crippen molar-refractivity contribution in [1.82, 2.24) is 63.0 Å².